The van der Waals surface area contributed by atoms with Crippen molar-refractivity contribution in [2.24, 2.45) is 0 Å². The normalized spacial score (nSPS) is 12.5. The maximum Gasteiger partial charge on any atom is 0.327 e. The quantitative estimate of drug-likeness (QED) is 0.648. The molecule has 0 fully saturated rings. The van der Waals surface area contributed by atoms with Gasteiger partial charge in [-0.25, -0.2) is 0 Å². The van der Waals surface area contributed by atoms with Crippen LogP contribution in [0.15, 0.2) is 0 Å². The lowest BCUT2D eigenvalue weighted by Gasteiger charge is -2.30. The van der Waals surface area contributed by atoms with Gasteiger partial charge in [0.05, 0.1) is 6.61 Å². The second-order valence-electron chi connectivity index (χ2n) is 3.51. The Morgan fingerprint density at radius 1 is 1.15 bits per heavy atom. The van der Waals surface area contributed by atoms with Crippen molar-refractivity contribution in [1.29, 1.82) is 0 Å². The Labute approximate surface area is 81.5 Å². The summed E-state index contributed by atoms with van der Waals surface area (Å²) in [6.45, 7) is 9.55. The van der Waals surface area contributed by atoms with Crippen molar-refractivity contribution in [1.82, 2.24) is 4.90 Å². The third-order valence-corrected chi connectivity index (χ3v) is 2.30. The van der Waals surface area contributed by atoms with Crippen LogP contribution in [-0.4, -0.2) is 39.9 Å². The van der Waals surface area contributed by atoms with E-state index in [-0.39, 0.29) is 0 Å². The Bertz CT molecular complexity index is 123. The van der Waals surface area contributed by atoms with Gasteiger partial charge < -0.3 is 14.3 Å². The van der Waals surface area contributed by atoms with Crippen molar-refractivity contribution in [2.75, 3.05) is 13.2 Å². The maximum absolute atomic E-state index is 8.52. The monoisotopic (exact) mass is 209 g/mol. The first kappa shape index (κ1) is 13.3. The van der Waals surface area contributed by atoms with E-state index in [0.29, 0.717) is 18.7 Å². The van der Waals surface area contributed by atoms with E-state index in [1.54, 1.807) is 0 Å². The molecule has 0 aliphatic rings. The SMILES string of the molecule is CC(C)N(CCOP(O)O)C(C)C. The van der Waals surface area contributed by atoms with Gasteiger partial charge in [-0.3, -0.25) is 4.90 Å². The molecule has 4 nitrogen and oxygen atoms in total. The van der Waals surface area contributed by atoms with Crippen LogP contribution in [0.25, 0.3) is 0 Å². The molecule has 0 radical (unpaired) electrons. The molecule has 0 atom stereocenters. The lowest BCUT2D eigenvalue weighted by Crippen LogP contribution is -2.39. The van der Waals surface area contributed by atoms with Gasteiger partial charge in [0.15, 0.2) is 0 Å². The summed E-state index contributed by atoms with van der Waals surface area (Å²) >= 11 is 0. The molecule has 5 heteroatoms. The Morgan fingerprint density at radius 3 is 1.92 bits per heavy atom. The van der Waals surface area contributed by atoms with Crippen LogP contribution < -0.4 is 0 Å². The molecule has 0 saturated carbocycles. The van der Waals surface area contributed by atoms with Gasteiger partial charge in [0.25, 0.3) is 0 Å². The largest absolute Gasteiger partial charge is 0.328 e. The number of nitrogens with zero attached hydrogens (tertiary/aromatic N) is 1. The van der Waals surface area contributed by atoms with Gasteiger partial charge in [-0.2, -0.15) is 0 Å². The van der Waals surface area contributed by atoms with Gasteiger partial charge in [-0.15, -0.1) is 0 Å². The summed E-state index contributed by atoms with van der Waals surface area (Å²) in [6, 6.07) is 0.902. The van der Waals surface area contributed by atoms with Gasteiger partial charge >= 0.3 is 8.60 Å². The minimum Gasteiger partial charge on any atom is -0.328 e. The molecule has 0 amide bonds. The first-order valence-electron chi connectivity index (χ1n) is 4.51. The fourth-order valence-corrected chi connectivity index (χ4v) is 1.59. The first-order valence-corrected chi connectivity index (χ1v) is 5.68. The summed E-state index contributed by atoms with van der Waals surface area (Å²) in [7, 11) is -2.20. The fraction of sp³-hybridized carbons (Fsp3) is 1.00. The molecule has 0 rings (SSSR count). The topological polar surface area (TPSA) is 52.9 Å². The molecule has 0 saturated heterocycles. The highest BCUT2D eigenvalue weighted by molar-refractivity contribution is 7.39. The Hall–Kier alpha value is 0.270. The predicted octanol–water partition coefficient (Wildman–Crippen LogP) is 1.33. The van der Waals surface area contributed by atoms with Crippen LogP contribution in [0.2, 0.25) is 0 Å². The van der Waals surface area contributed by atoms with Gasteiger partial charge in [-0.05, 0) is 27.7 Å². The minimum atomic E-state index is -2.20. The van der Waals surface area contributed by atoms with E-state index in [0.717, 1.165) is 6.54 Å². The number of hydrogen-bond acceptors (Lipinski definition) is 4. The van der Waals surface area contributed by atoms with Gasteiger partial charge in [0.1, 0.15) is 0 Å². The second kappa shape index (κ2) is 6.68. The highest BCUT2D eigenvalue weighted by atomic mass is 31.2. The van der Waals surface area contributed by atoms with Gasteiger partial charge in [-0.1, -0.05) is 0 Å². The summed E-state index contributed by atoms with van der Waals surface area (Å²) in [5.74, 6) is 0. The van der Waals surface area contributed by atoms with Crippen LogP contribution in [0.3, 0.4) is 0 Å². The van der Waals surface area contributed by atoms with Crippen molar-refractivity contribution in [3.63, 3.8) is 0 Å². The molecule has 2 N–H and O–H groups in total. The summed E-state index contributed by atoms with van der Waals surface area (Å²) in [5.41, 5.74) is 0. The minimum absolute atomic E-state index is 0.370. The second-order valence-corrected chi connectivity index (χ2v) is 4.27. The summed E-state index contributed by atoms with van der Waals surface area (Å²) < 4.78 is 4.71. The Morgan fingerprint density at radius 2 is 1.62 bits per heavy atom. The lowest BCUT2D eigenvalue weighted by atomic mass is 10.2. The van der Waals surface area contributed by atoms with E-state index in [1.165, 1.54) is 0 Å². The standard InChI is InChI=1S/C8H20NO3P/c1-7(2)9(8(3)4)5-6-12-13(10)11/h7-8,10-11H,5-6H2,1-4H3. The lowest BCUT2D eigenvalue weighted by molar-refractivity contribution is 0.135. The summed E-state index contributed by atoms with van der Waals surface area (Å²) in [5, 5.41) is 0. The molecular formula is C8H20NO3P. The highest BCUT2D eigenvalue weighted by Crippen LogP contribution is 2.23. The number of rotatable bonds is 6. The summed E-state index contributed by atoms with van der Waals surface area (Å²) in [6.07, 6.45) is 0. The smallest absolute Gasteiger partial charge is 0.327 e. The first-order chi connectivity index (χ1) is 5.95. The van der Waals surface area contributed by atoms with Crippen molar-refractivity contribution in [2.45, 2.75) is 39.8 Å². The molecule has 0 aromatic carbocycles. The van der Waals surface area contributed by atoms with Crippen LogP contribution in [-0.2, 0) is 4.52 Å². The predicted molar refractivity (Wildman–Crippen MR) is 54.3 cm³/mol. The van der Waals surface area contributed by atoms with E-state index in [9.17, 15) is 0 Å². The van der Waals surface area contributed by atoms with Crippen LogP contribution in [0, 0.1) is 0 Å². The third-order valence-electron chi connectivity index (χ3n) is 1.88. The summed E-state index contributed by atoms with van der Waals surface area (Å²) in [4.78, 5) is 19.3. The van der Waals surface area contributed by atoms with Crippen molar-refractivity contribution >= 4 is 8.60 Å². The zero-order valence-electron chi connectivity index (χ0n) is 8.77. The van der Waals surface area contributed by atoms with Crippen LogP contribution in [0.1, 0.15) is 27.7 Å². The maximum atomic E-state index is 8.52. The van der Waals surface area contributed by atoms with Crippen molar-refractivity contribution in [3.8, 4) is 0 Å². The van der Waals surface area contributed by atoms with Crippen molar-refractivity contribution in [3.05, 3.63) is 0 Å². The van der Waals surface area contributed by atoms with E-state index in [1.807, 2.05) is 0 Å². The van der Waals surface area contributed by atoms with E-state index in [2.05, 4.69) is 32.6 Å². The van der Waals surface area contributed by atoms with Crippen LogP contribution >= 0.6 is 8.60 Å². The highest BCUT2D eigenvalue weighted by Gasteiger charge is 2.13. The fourth-order valence-electron chi connectivity index (χ4n) is 1.34. The Balaban J connectivity index is 3.70. The number of hydrogen-bond donors (Lipinski definition) is 2. The van der Waals surface area contributed by atoms with Gasteiger partial charge in [0, 0.05) is 18.6 Å². The third kappa shape index (κ3) is 6.36. The average Bonchev–Trinajstić information content (AvgIpc) is 1.95. The van der Waals surface area contributed by atoms with Crippen LogP contribution in [0.4, 0.5) is 0 Å². The average molecular weight is 209 g/mol. The Kier molecular flexibility index (Phi) is 6.82. The molecule has 0 aromatic rings. The zero-order chi connectivity index (χ0) is 10.4. The molecule has 0 spiro atoms. The van der Waals surface area contributed by atoms with Crippen LogP contribution in [0.5, 0.6) is 0 Å². The molecule has 0 heterocycles. The van der Waals surface area contributed by atoms with E-state index < -0.39 is 8.60 Å². The molecule has 80 valence electrons. The molecule has 13 heavy (non-hydrogen) atoms. The molecule has 0 bridgehead atoms. The molecule has 0 aliphatic carbocycles. The molecular weight excluding hydrogens is 189 g/mol. The van der Waals surface area contributed by atoms with E-state index >= 15 is 0 Å². The molecule has 0 unspecified atom stereocenters. The van der Waals surface area contributed by atoms with Gasteiger partial charge in [0.2, 0.25) is 0 Å². The molecule has 0 aromatic heterocycles. The van der Waals surface area contributed by atoms with E-state index in [4.69, 9.17) is 14.3 Å². The van der Waals surface area contributed by atoms with Crippen molar-refractivity contribution < 1.29 is 14.3 Å². The zero-order valence-corrected chi connectivity index (χ0v) is 9.66. The molecule has 0 aliphatic heterocycles.